The lowest BCUT2D eigenvalue weighted by atomic mass is 9.91. The minimum Gasteiger partial charge on any atom is -0.480 e. The van der Waals surface area contributed by atoms with Crippen molar-refractivity contribution >= 4 is 58.6 Å². The Hall–Kier alpha value is -5.55. The number of aryl methyl sites for hydroxylation is 2. The van der Waals surface area contributed by atoms with Crippen molar-refractivity contribution in [2.75, 3.05) is 50.8 Å². The third-order valence-corrected chi connectivity index (χ3v) is 10.2. The van der Waals surface area contributed by atoms with Gasteiger partial charge in [0.15, 0.2) is 23.5 Å². The zero-order chi connectivity index (χ0) is 44.4. The van der Waals surface area contributed by atoms with E-state index < -0.39 is 72.7 Å². The van der Waals surface area contributed by atoms with E-state index in [2.05, 4.69) is 37.0 Å². The lowest BCUT2D eigenvalue weighted by molar-refractivity contribution is -0.141. The van der Waals surface area contributed by atoms with Crippen molar-refractivity contribution in [1.82, 2.24) is 31.9 Å². The molecule has 2 aliphatic rings. The quantitative estimate of drug-likeness (QED) is 0.0187. The molecule has 0 spiro atoms. The van der Waals surface area contributed by atoms with Gasteiger partial charge in [0.1, 0.15) is 24.4 Å². The van der Waals surface area contributed by atoms with Gasteiger partial charge in [0.05, 0.1) is 31.8 Å². The van der Waals surface area contributed by atoms with Gasteiger partial charge < -0.3 is 48.7 Å². The summed E-state index contributed by atoms with van der Waals surface area (Å²) >= 11 is 0. The first kappa shape index (κ1) is 48.8. The Morgan fingerprint density at radius 1 is 0.917 bits per heavy atom. The van der Waals surface area contributed by atoms with E-state index in [1.165, 1.54) is 11.8 Å². The van der Waals surface area contributed by atoms with Crippen LogP contribution in [0.1, 0.15) is 69.4 Å². The molecule has 0 radical (unpaired) electrons. The van der Waals surface area contributed by atoms with Gasteiger partial charge in [-0.1, -0.05) is 17.7 Å². The number of benzene rings is 1. The Labute approximate surface area is 348 Å². The van der Waals surface area contributed by atoms with Crippen LogP contribution >= 0.6 is 0 Å². The van der Waals surface area contributed by atoms with Crippen LogP contribution < -0.4 is 54.9 Å². The fourth-order valence-electron chi connectivity index (χ4n) is 7.09. The predicted octanol–water partition coefficient (Wildman–Crippen LogP) is -3.41. The number of anilines is 1. The van der Waals surface area contributed by atoms with Gasteiger partial charge >= 0.3 is 5.97 Å². The van der Waals surface area contributed by atoms with E-state index in [1.54, 1.807) is 17.0 Å². The van der Waals surface area contributed by atoms with Gasteiger partial charge in [-0.2, -0.15) is 5.53 Å². The van der Waals surface area contributed by atoms with E-state index in [0.29, 0.717) is 37.9 Å². The van der Waals surface area contributed by atoms with Gasteiger partial charge in [0, 0.05) is 31.1 Å². The Morgan fingerprint density at radius 2 is 1.58 bits per heavy atom. The molecule has 332 valence electrons. The summed E-state index contributed by atoms with van der Waals surface area (Å²) in [6.07, 6.45) is 2.26. The average Bonchev–Trinajstić information content (AvgIpc) is 3.60. The number of ketones is 3. The molecule has 22 heteroatoms. The summed E-state index contributed by atoms with van der Waals surface area (Å²) in [5.74, 6) is -5.09. The van der Waals surface area contributed by atoms with E-state index in [0.717, 1.165) is 11.1 Å². The third-order valence-electron chi connectivity index (χ3n) is 10.2. The van der Waals surface area contributed by atoms with Crippen molar-refractivity contribution in [3.05, 3.63) is 29.3 Å². The number of aliphatic hydroxyl groups is 1. The zero-order valence-electron chi connectivity index (χ0n) is 34.3. The van der Waals surface area contributed by atoms with Gasteiger partial charge in [0.25, 0.3) is 0 Å². The first-order valence-electron chi connectivity index (χ1n) is 20.0. The molecule has 60 heavy (non-hydrogen) atoms. The Balaban J connectivity index is 1.74. The van der Waals surface area contributed by atoms with Crippen LogP contribution in [0.3, 0.4) is 0 Å². The number of carbonyl (C=O) groups is 7. The Morgan fingerprint density at radius 3 is 2.20 bits per heavy atom. The van der Waals surface area contributed by atoms with Gasteiger partial charge in [-0.3, -0.25) is 43.7 Å². The van der Waals surface area contributed by atoms with Crippen LogP contribution in [0.15, 0.2) is 28.2 Å². The number of carbonyl (C=O) groups excluding carboxylic acids is 6. The number of carboxylic acid groups (broad SMARTS) is 1. The highest BCUT2D eigenvalue weighted by molar-refractivity contribution is 6.03. The number of hydrogen-bond acceptors (Lipinski definition) is 14. The lowest BCUT2D eigenvalue weighted by Crippen LogP contribution is -2.54. The molecule has 15 N–H and O–H groups in total. The number of amides is 3. The maximum Gasteiger partial charge on any atom is 0.326 e. The molecule has 5 atom stereocenters. The van der Waals surface area contributed by atoms with Crippen LogP contribution in [0.2, 0.25) is 0 Å². The summed E-state index contributed by atoms with van der Waals surface area (Å²) in [5.41, 5.74) is 31.6. The summed E-state index contributed by atoms with van der Waals surface area (Å²) in [5, 5.41) is 24.4. The molecular formula is C38H61N13O9. The van der Waals surface area contributed by atoms with E-state index in [-0.39, 0.29) is 81.8 Å². The molecular weight excluding hydrogens is 782 g/mol. The molecule has 0 bridgehead atoms. The molecule has 1 fully saturated rings. The highest BCUT2D eigenvalue weighted by atomic mass is 16.4. The summed E-state index contributed by atoms with van der Waals surface area (Å²) in [6, 6.07) is 1.54. The number of nitrogens with one attached hydrogen (secondary N) is 5. The average molecular weight is 844 g/mol. The molecule has 3 amide bonds. The maximum absolute atomic E-state index is 14.3. The van der Waals surface area contributed by atoms with E-state index in [9.17, 15) is 43.8 Å². The van der Waals surface area contributed by atoms with Crippen LogP contribution in [0.4, 0.5) is 5.69 Å². The highest BCUT2D eigenvalue weighted by Crippen LogP contribution is 2.32. The second-order valence-corrected chi connectivity index (χ2v) is 15.0. The number of nitrogens with zero attached hydrogens (tertiary/aromatic N) is 4. The van der Waals surface area contributed by atoms with Crippen LogP contribution in [-0.2, 0) is 40.0 Å². The van der Waals surface area contributed by atoms with Crippen molar-refractivity contribution in [2.45, 2.75) is 95.8 Å². The number of likely N-dealkylation sites (tertiary alicyclic amines) is 1. The number of aliphatic carboxylic acids is 1. The monoisotopic (exact) mass is 843 g/mol. The number of fused-ring (bicyclic) bond motifs is 1. The minimum absolute atomic E-state index is 0.0337. The molecule has 0 aliphatic carbocycles. The number of carboxylic acids is 1. The molecule has 3 rings (SSSR count). The summed E-state index contributed by atoms with van der Waals surface area (Å²) in [6.45, 7) is 2.82. The number of hydrogen-bond donors (Lipinski definition) is 11. The molecule has 22 nitrogen and oxygen atoms in total. The first-order valence-corrected chi connectivity index (χ1v) is 20.0. The summed E-state index contributed by atoms with van der Waals surface area (Å²) in [4.78, 5) is 103. The first-order chi connectivity index (χ1) is 28.5. The number of aliphatic imine (C=N–C) groups is 2. The van der Waals surface area contributed by atoms with Crippen LogP contribution in [0.25, 0.3) is 0 Å². The predicted molar refractivity (Wildman–Crippen MR) is 222 cm³/mol. The standard InChI is InChI=1S/C38H61N13O9/c1-22-9-12-30-24(16-22)10-11-25(35(58)51(30)20-33(56)46-28(36(59)60)7-4-14-44-38(41)42)17-32(55)27(6-3-13-43-37(39)40)47-34(57)31-8-5-15-50(31)19-26(54)18-45-49-48-29(21-52)23(2)53/h9,12,16,25,27-29,31,45,48-49,52H,3-8,10-11,13-15,17-21H2,1-2H3,(H,46,56)(H,47,57)(H,59,60)(H4,39,40,43)(H4,41,42,44)/t25-,27-,28-,29?,31-/m0/s1. The summed E-state index contributed by atoms with van der Waals surface area (Å²) < 4.78 is 0. The van der Waals surface area contributed by atoms with Crippen LogP contribution in [0, 0.1) is 12.8 Å². The molecule has 1 aromatic rings. The normalized spacial score (nSPS) is 18.0. The maximum atomic E-state index is 14.3. The fraction of sp³-hybridized carbons (Fsp3) is 0.605. The zero-order valence-corrected chi connectivity index (χ0v) is 34.3. The SMILES string of the molecule is CC(=O)C(CO)NNNCC(=O)CN1CCC[C@H]1C(=O)N[C@@H](CCCN=C(N)N)C(=O)C[C@@H]1CCc2cc(C)ccc2N(CC(=O)N[C@@H](CCCN=C(N)N)C(=O)O)C1=O. The number of rotatable bonds is 26. The molecule has 0 saturated carbocycles. The van der Waals surface area contributed by atoms with Gasteiger partial charge in [0.2, 0.25) is 17.7 Å². The van der Waals surface area contributed by atoms with E-state index in [4.69, 9.17) is 22.9 Å². The van der Waals surface area contributed by atoms with Gasteiger partial charge in [-0.05, 0) is 83.4 Å². The topological polar surface area (TPSA) is 355 Å². The number of aliphatic hydroxyl groups excluding tert-OH is 1. The van der Waals surface area contributed by atoms with Gasteiger partial charge in [-0.15, -0.1) is 0 Å². The molecule has 2 aliphatic heterocycles. The minimum atomic E-state index is -1.27. The molecule has 1 saturated heterocycles. The van der Waals surface area contributed by atoms with Crippen molar-refractivity contribution in [1.29, 1.82) is 0 Å². The molecule has 0 aromatic heterocycles. The Bertz CT molecular complexity index is 1750. The van der Waals surface area contributed by atoms with Crippen molar-refractivity contribution < 1.29 is 43.8 Å². The highest BCUT2D eigenvalue weighted by Gasteiger charge is 2.37. The van der Waals surface area contributed by atoms with E-state index in [1.807, 2.05) is 13.0 Å². The number of Topliss-reactive ketones (excluding diaryl/α,β-unsaturated/α-hetero) is 3. The second-order valence-electron chi connectivity index (χ2n) is 15.0. The van der Waals surface area contributed by atoms with Crippen molar-refractivity contribution in [3.8, 4) is 0 Å². The summed E-state index contributed by atoms with van der Waals surface area (Å²) in [7, 11) is 0. The number of hydrazine groups is 2. The number of guanidine groups is 2. The molecule has 1 unspecified atom stereocenters. The van der Waals surface area contributed by atoms with Gasteiger partial charge in [-0.25, -0.2) is 15.6 Å². The largest absolute Gasteiger partial charge is 0.480 e. The van der Waals surface area contributed by atoms with Crippen molar-refractivity contribution in [2.24, 2.45) is 38.8 Å². The lowest BCUT2D eigenvalue weighted by Gasteiger charge is -2.28. The van der Waals surface area contributed by atoms with Crippen LogP contribution in [0.5, 0.6) is 0 Å². The number of nitrogens with two attached hydrogens (primary N) is 4. The van der Waals surface area contributed by atoms with Crippen molar-refractivity contribution in [3.63, 3.8) is 0 Å². The Kier molecular flexibility index (Phi) is 19.9. The third kappa shape index (κ3) is 15.9. The molecule has 1 aromatic carbocycles. The van der Waals surface area contributed by atoms with Crippen LogP contribution in [-0.4, -0.2) is 138 Å². The molecule has 2 heterocycles. The second kappa shape index (κ2) is 24.5. The smallest absolute Gasteiger partial charge is 0.326 e. The van der Waals surface area contributed by atoms with E-state index >= 15 is 0 Å². The fourth-order valence-corrected chi connectivity index (χ4v) is 7.09.